The molecule has 0 fully saturated rings. The molecule has 0 aromatic heterocycles. The van der Waals surface area contributed by atoms with Gasteiger partial charge in [-0.05, 0) is 25.0 Å². The van der Waals surface area contributed by atoms with Gasteiger partial charge in [0.25, 0.3) is 0 Å². The van der Waals surface area contributed by atoms with Gasteiger partial charge in [-0.2, -0.15) is 0 Å². The van der Waals surface area contributed by atoms with Gasteiger partial charge >= 0.3 is 0 Å². The summed E-state index contributed by atoms with van der Waals surface area (Å²) in [7, 11) is 3.72. The second-order valence-electron chi connectivity index (χ2n) is 3.80. The largest absolute Gasteiger partial charge is 0.497 e. The fourth-order valence-electron chi connectivity index (χ4n) is 1.86. The number of nitrogens with two attached hydrogens (primary N) is 1. The van der Waals surface area contributed by atoms with E-state index in [1.807, 2.05) is 12.1 Å². The van der Waals surface area contributed by atoms with Crippen molar-refractivity contribution < 1.29 is 4.74 Å². The maximum atomic E-state index is 6.01. The lowest BCUT2D eigenvalue weighted by Gasteiger charge is -2.23. The molecule has 84 valence electrons. The molecule has 0 spiro atoms. The van der Waals surface area contributed by atoms with Crippen molar-refractivity contribution in [3.05, 3.63) is 17.7 Å². The van der Waals surface area contributed by atoms with Gasteiger partial charge in [-0.3, -0.25) is 0 Å². The molecule has 1 rings (SSSR count). The molecule has 0 aliphatic carbocycles. The van der Waals surface area contributed by atoms with Crippen molar-refractivity contribution in [1.82, 2.24) is 0 Å². The molecule has 15 heavy (non-hydrogen) atoms. The van der Waals surface area contributed by atoms with Crippen LogP contribution in [0.4, 0.5) is 11.4 Å². The van der Waals surface area contributed by atoms with Gasteiger partial charge in [0.05, 0.1) is 18.5 Å². The van der Waals surface area contributed by atoms with Gasteiger partial charge in [-0.1, -0.05) is 6.92 Å². The quantitative estimate of drug-likeness (QED) is 0.772. The van der Waals surface area contributed by atoms with E-state index in [-0.39, 0.29) is 0 Å². The summed E-state index contributed by atoms with van der Waals surface area (Å²) in [5.74, 6) is 0.818. The zero-order valence-electron chi connectivity index (χ0n) is 10.0. The molecule has 0 aliphatic heterocycles. The predicted octanol–water partition coefficient (Wildman–Crippen LogP) is 2.43. The molecule has 0 heterocycles. The SMILES string of the molecule is CCCN(C)c1c(C)cc(OC)cc1N. The van der Waals surface area contributed by atoms with Crippen LogP contribution in [0, 0.1) is 6.92 Å². The first-order valence-electron chi connectivity index (χ1n) is 5.25. The molecule has 0 aliphatic rings. The summed E-state index contributed by atoms with van der Waals surface area (Å²) < 4.78 is 5.17. The molecule has 1 aromatic rings. The van der Waals surface area contributed by atoms with Crippen molar-refractivity contribution in [2.75, 3.05) is 31.3 Å². The van der Waals surface area contributed by atoms with Crippen LogP contribution >= 0.6 is 0 Å². The summed E-state index contributed by atoms with van der Waals surface area (Å²) >= 11 is 0. The molecular formula is C12H20N2O. The van der Waals surface area contributed by atoms with Gasteiger partial charge in [0.2, 0.25) is 0 Å². The number of aryl methyl sites for hydroxylation is 1. The van der Waals surface area contributed by atoms with E-state index in [1.165, 1.54) is 0 Å². The van der Waals surface area contributed by atoms with Gasteiger partial charge < -0.3 is 15.4 Å². The number of hydrogen-bond acceptors (Lipinski definition) is 3. The van der Waals surface area contributed by atoms with Gasteiger partial charge in [-0.15, -0.1) is 0 Å². The van der Waals surface area contributed by atoms with Gasteiger partial charge in [0.1, 0.15) is 5.75 Å². The van der Waals surface area contributed by atoms with Crippen LogP contribution in [0.3, 0.4) is 0 Å². The Hall–Kier alpha value is -1.38. The summed E-state index contributed by atoms with van der Waals surface area (Å²) in [5, 5.41) is 0. The molecule has 0 saturated heterocycles. The first-order valence-corrected chi connectivity index (χ1v) is 5.25. The Morgan fingerprint density at radius 1 is 1.40 bits per heavy atom. The van der Waals surface area contributed by atoms with Crippen LogP contribution in [0.1, 0.15) is 18.9 Å². The van der Waals surface area contributed by atoms with Gasteiger partial charge in [-0.25, -0.2) is 0 Å². The minimum Gasteiger partial charge on any atom is -0.497 e. The van der Waals surface area contributed by atoms with Crippen molar-refractivity contribution in [2.45, 2.75) is 20.3 Å². The lowest BCUT2D eigenvalue weighted by Crippen LogP contribution is -2.20. The molecule has 0 unspecified atom stereocenters. The number of ether oxygens (including phenoxy) is 1. The number of methoxy groups -OCH3 is 1. The Morgan fingerprint density at radius 2 is 2.07 bits per heavy atom. The molecule has 0 amide bonds. The third-order valence-electron chi connectivity index (χ3n) is 2.48. The second kappa shape index (κ2) is 4.91. The predicted molar refractivity (Wildman–Crippen MR) is 65.7 cm³/mol. The summed E-state index contributed by atoms with van der Waals surface area (Å²) in [5.41, 5.74) is 9.05. The highest BCUT2D eigenvalue weighted by Crippen LogP contribution is 2.31. The van der Waals surface area contributed by atoms with E-state index in [4.69, 9.17) is 10.5 Å². The Kier molecular flexibility index (Phi) is 3.83. The summed E-state index contributed by atoms with van der Waals surface area (Å²) in [6.45, 7) is 5.23. The van der Waals surface area contributed by atoms with E-state index < -0.39 is 0 Å². The number of benzene rings is 1. The molecule has 3 nitrogen and oxygen atoms in total. The lowest BCUT2D eigenvalue weighted by molar-refractivity contribution is 0.414. The normalized spacial score (nSPS) is 10.1. The summed E-state index contributed by atoms with van der Waals surface area (Å²) in [6.07, 6.45) is 1.11. The van der Waals surface area contributed by atoms with E-state index in [2.05, 4.69) is 25.8 Å². The van der Waals surface area contributed by atoms with Crippen LogP contribution in [0.2, 0.25) is 0 Å². The average Bonchev–Trinajstić information content (AvgIpc) is 2.16. The number of nitrogens with zero attached hydrogens (tertiary/aromatic N) is 1. The smallest absolute Gasteiger partial charge is 0.121 e. The van der Waals surface area contributed by atoms with E-state index in [0.717, 1.165) is 35.7 Å². The second-order valence-corrected chi connectivity index (χ2v) is 3.80. The van der Waals surface area contributed by atoms with Crippen molar-refractivity contribution in [3.8, 4) is 5.75 Å². The third-order valence-corrected chi connectivity index (χ3v) is 2.48. The van der Waals surface area contributed by atoms with Crippen LogP contribution in [-0.4, -0.2) is 20.7 Å². The first kappa shape index (κ1) is 11.7. The van der Waals surface area contributed by atoms with E-state index >= 15 is 0 Å². The summed E-state index contributed by atoms with van der Waals surface area (Å²) in [4.78, 5) is 2.18. The highest BCUT2D eigenvalue weighted by atomic mass is 16.5. The van der Waals surface area contributed by atoms with Crippen LogP contribution in [0.5, 0.6) is 5.75 Å². The fraction of sp³-hybridized carbons (Fsp3) is 0.500. The maximum absolute atomic E-state index is 6.01. The molecule has 1 aromatic carbocycles. The number of nitrogen functional groups attached to an aromatic ring is 1. The van der Waals surface area contributed by atoms with Crippen LogP contribution in [-0.2, 0) is 0 Å². The zero-order valence-corrected chi connectivity index (χ0v) is 10.0. The van der Waals surface area contributed by atoms with Gasteiger partial charge in [0, 0.05) is 19.7 Å². The maximum Gasteiger partial charge on any atom is 0.121 e. The van der Waals surface area contributed by atoms with Crippen LogP contribution in [0.25, 0.3) is 0 Å². The Balaban J connectivity index is 3.07. The lowest BCUT2D eigenvalue weighted by atomic mass is 10.1. The van der Waals surface area contributed by atoms with Gasteiger partial charge in [0.15, 0.2) is 0 Å². The molecular weight excluding hydrogens is 188 g/mol. The van der Waals surface area contributed by atoms with Crippen LogP contribution in [0.15, 0.2) is 12.1 Å². The molecule has 0 radical (unpaired) electrons. The minimum atomic E-state index is 0.780. The molecule has 2 N–H and O–H groups in total. The zero-order chi connectivity index (χ0) is 11.4. The Bertz CT molecular complexity index is 313. The van der Waals surface area contributed by atoms with Crippen molar-refractivity contribution in [1.29, 1.82) is 0 Å². The van der Waals surface area contributed by atoms with Crippen LogP contribution < -0.4 is 15.4 Å². The average molecular weight is 208 g/mol. The van der Waals surface area contributed by atoms with Crippen molar-refractivity contribution in [3.63, 3.8) is 0 Å². The standard InChI is InChI=1S/C12H20N2O/c1-5-6-14(3)12-9(2)7-10(15-4)8-11(12)13/h7-8H,5-6,13H2,1-4H3. The molecule has 0 bridgehead atoms. The summed E-state index contributed by atoms with van der Waals surface area (Å²) in [6, 6.07) is 3.88. The Labute approximate surface area is 91.8 Å². The Morgan fingerprint density at radius 3 is 2.53 bits per heavy atom. The number of rotatable bonds is 4. The van der Waals surface area contributed by atoms with Crippen molar-refractivity contribution in [2.24, 2.45) is 0 Å². The number of hydrogen-bond donors (Lipinski definition) is 1. The van der Waals surface area contributed by atoms with E-state index in [0.29, 0.717) is 0 Å². The first-order chi connectivity index (χ1) is 7.10. The monoisotopic (exact) mass is 208 g/mol. The number of anilines is 2. The topological polar surface area (TPSA) is 38.5 Å². The molecule has 3 heteroatoms. The van der Waals surface area contributed by atoms with Crippen molar-refractivity contribution >= 4 is 11.4 Å². The van der Waals surface area contributed by atoms with E-state index in [9.17, 15) is 0 Å². The highest BCUT2D eigenvalue weighted by molar-refractivity contribution is 5.73. The van der Waals surface area contributed by atoms with E-state index in [1.54, 1.807) is 7.11 Å². The molecule has 0 saturated carbocycles. The highest BCUT2D eigenvalue weighted by Gasteiger charge is 2.09. The minimum absolute atomic E-state index is 0.780. The fourth-order valence-corrected chi connectivity index (χ4v) is 1.86. The third kappa shape index (κ3) is 2.55. The molecule has 0 atom stereocenters.